The van der Waals surface area contributed by atoms with Gasteiger partial charge in [0.1, 0.15) is 0 Å². The monoisotopic (exact) mass is 402 g/mol. The zero-order valence-electron chi connectivity index (χ0n) is 15.5. The summed E-state index contributed by atoms with van der Waals surface area (Å²) < 4.78 is 26.3. The zero-order valence-corrected chi connectivity index (χ0v) is 15.5. The van der Waals surface area contributed by atoms with Crippen LogP contribution >= 0.6 is 0 Å². The van der Waals surface area contributed by atoms with Gasteiger partial charge in [0.15, 0.2) is 11.5 Å². The smallest absolute Gasteiger partial charge is 0.333 e. The molecule has 152 valence electrons. The molecule has 0 aliphatic heterocycles. The van der Waals surface area contributed by atoms with Crippen LogP contribution in [0.15, 0.2) is 24.4 Å². The molecule has 1 aromatic carbocycles. The largest absolute Gasteiger partial charge is 0.364 e. The van der Waals surface area contributed by atoms with Crippen molar-refractivity contribution in [3.8, 4) is 0 Å². The third kappa shape index (κ3) is 4.23. The fraction of sp³-hybridized carbons (Fsp3) is 0.389. The number of nitrogens with one attached hydrogen (secondary N) is 2. The number of primary amides is 1. The molecular formula is C18H20F2N8O. The quantitative estimate of drug-likeness (QED) is 0.578. The predicted octanol–water partition coefficient (Wildman–Crippen LogP) is 3.20. The Morgan fingerprint density at radius 2 is 2.00 bits per heavy atom. The number of nitrogens with zero attached hydrogens (tertiary/aromatic N) is 5. The van der Waals surface area contributed by atoms with Crippen LogP contribution in [0.25, 0.3) is 10.9 Å². The first-order valence-corrected chi connectivity index (χ1v) is 9.35. The number of hydrogen-bond acceptors (Lipinski definition) is 7. The van der Waals surface area contributed by atoms with E-state index in [-0.39, 0.29) is 17.6 Å². The van der Waals surface area contributed by atoms with E-state index in [0.29, 0.717) is 27.2 Å². The first-order valence-electron chi connectivity index (χ1n) is 9.35. The van der Waals surface area contributed by atoms with Crippen molar-refractivity contribution >= 4 is 34.3 Å². The van der Waals surface area contributed by atoms with Crippen LogP contribution in [0.5, 0.6) is 0 Å². The molecule has 2 aromatic heterocycles. The summed E-state index contributed by atoms with van der Waals surface area (Å²) in [5, 5.41) is 18.4. The molecule has 0 spiro atoms. The second-order valence-electron chi connectivity index (χ2n) is 6.96. The highest BCUT2D eigenvalue weighted by Crippen LogP contribution is 2.25. The first-order chi connectivity index (χ1) is 14.0. The van der Waals surface area contributed by atoms with E-state index in [1.807, 2.05) is 0 Å². The highest BCUT2D eigenvalue weighted by Gasteiger charge is 2.18. The van der Waals surface area contributed by atoms with Gasteiger partial charge in [-0.3, -0.25) is 4.79 Å². The number of halogens is 2. The van der Waals surface area contributed by atoms with Crippen LogP contribution < -0.4 is 16.4 Å². The minimum atomic E-state index is -2.72. The molecule has 1 aliphatic rings. The van der Waals surface area contributed by atoms with E-state index in [9.17, 15) is 13.6 Å². The Bertz CT molecular complexity index is 1030. The molecule has 3 aromatic rings. The van der Waals surface area contributed by atoms with E-state index in [1.54, 1.807) is 18.2 Å². The van der Waals surface area contributed by atoms with Crippen LogP contribution in [0.4, 0.5) is 26.2 Å². The average molecular weight is 402 g/mol. The maximum Gasteiger partial charge on any atom is 0.333 e. The number of aromatic nitrogens is 5. The van der Waals surface area contributed by atoms with Crippen molar-refractivity contribution in [2.45, 2.75) is 44.7 Å². The standard InChI is InChI=1S/C18H20F2N8O/c19-17(20)28-9-10-8-12(6-7-13(10)27-28)22-16-14(15(21)29)25-26-18(24-16)23-11-4-2-1-3-5-11/h6-9,11,17H,1-5H2,(H2,21,29)(H2,22,23,24,26). The van der Waals surface area contributed by atoms with Gasteiger partial charge in [0.2, 0.25) is 5.95 Å². The van der Waals surface area contributed by atoms with Gasteiger partial charge < -0.3 is 16.4 Å². The van der Waals surface area contributed by atoms with Gasteiger partial charge in [0.05, 0.1) is 5.52 Å². The van der Waals surface area contributed by atoms with Gasteiger partial charge in [0, 0.05) is 23.3 Å². The van der Waals surface area contributed by atoms with Crippen molar-refractivity contribution in [1.82, 2.24) is 25.0 Å². The molecule has 1 saturated carbocycles. The number of alkyl halides is 2. The van der Waals surface area contributed by atoms with Gasteiger partial charge in [-0.1, -0.05) is 19.3 Å². The van der Waals surface area contributed by atoms with Gasteiger partial charge >= 0.3 is 6.55 Å². The Kier molecular flexibility index (Phi) is 5.19. The second kappa shape index (κ2) is 7.94. The molecule has 4 N–H and O–H groups in total. The minimum Gasteiger partial charge on any atom is -0.364 e. The molecule has 1 fully saturated rings. The minimum absolute atomic E-state index is 0.109. The third-order valence-electron chi connectivity index (χ3n) is 4.84. The molecule has 1 amide bonds. The summed E-state index contributed by atoms with van der Waals surface area (Å²) in [7, 11) is 0. The molecule has 0 unspecified atom stereocenters. The molecule has 9 nitrogen and oxygen atoms in total. The lowest BCUT2D eigenvalue weighted by molar-refractivity contribution is 0.0573. The fourth-order valence-corrected chi connectivity index (χ4v) is 3.43. The summed E-state index contributed by atoms with van der Waals surface area (Å²) in [6, 6.07) is 5.12. The molecule has 11 heteroatoms. The number of nitrogens with two attached hydrogens (primary N) is 1. The van der Waals surface area contributed by atoms with E-state index < -0.39 is 12.5 Å². The Hall–Kier alpha value is -3.37. The number of amides is 1. The van der Waals surface area contributed by atoms with Crippen LogP contribution in [-0.2, 0) is 0 Å². The fourth-order valence-electron chi connectivity index (χ4n) is 3.43. The number of hydrogen-bond donors (Lipinski definition) is 3. The van der Waals surface area contributed by atoms with Gasteiger partial charge in [-0.05, 0) is 31.0 Å². The summed E-state index contributed by atoms with van der Waals surface area (Å²) in [5.41, 5.74) is 6.23. The number of anilines is 3. The van der Waals surface area contributed by atoms with E-state index >= 15 is 0 Å². The normalized spacial score (nSPS) is 15.0. The summed E-state index contributed by atoms with van der Waals surface area (Å²) in [6.45, 7) is -2.72. The van der Waals surface area contributed by atoms with Gasteiger partial charge in [0.25, 0.3) is 5.91 Å². The number of carbonyl (C=O) groups excluding carboxylic acids is 1. The maximum atomic E-state index is 12.8. The van der Waals surface area contributed by atoms with Crippen molar-refractivity contribution in [2.24, 2.45) is 5.73 Å². The highest BCUT2D eigenvalue weighted by molar-refractivity contribution is 5.96. The number of rotatable bonds is 6. The Balaban J connectivity index is 1.61. The molecular weight excluding hydrogens is 382 g/mol. The van der Waals surface area contributed by atoms with Gasteiger partial charge in [-0.2, -0.15) is 18.9 Å². The maximum absolute atomic E-state index is 12.8. The van der Waals surface area contributed by atoms with E-state index in [2.05, 4.69) is 30.9 Å². The average Bonchev–Trinajstić information content (AvgIpc) is 3.12. The molecule has 0 radical (unpaired) electrons. The van der Waals surface area contributed by atoms with E-state index in [4.69, 9.17) is 5.73 Å². The van der Waals surface area contributed by atoms with Crippen molar-refractivity contribution < 1.29 is 13.6 Å². The number of fused-ring (bicyclic) bond motifs is 1. The summed E-state index contributed by atoms with van der Waals surface area (Å²) in [6.07, 6.45) is 6.79. The first kappa shape index (κ1) is 19.0. The third-order valence-corrected chi connectivity index (χ3v) is 4.84. The Morgan fingerprint density at radius 1 is 1.21 bits per heavy atom. The van der Waals surface area contributed by atoms with Crippen LogP contribution in [0.2, 0.25) is 0 Å². The Morgan fingerprint density at radius 3 is 2.72 bits per heavy atom. The lowest BCUT2D eigenvalue weighted by Gasteiger charge is -2.22. The van der Waals surface area contributed by atoms with Crippen LogP contribution in [0.3, 0.4) is 0 Å². The summed E-state index contributed by atoms with van der Waals surface area (Å²) in [4.78, 5) is 16.1. The van der Waals surface area contributed by atoms with Crippen molar-refractivity contribution in [1.29, 1.82) is 0 Å². The second-order valence-corrected chi connectivity index (χ2v) is 6.96. The van der Waals surface area contributed by atoms with Crippen molar-refractivity contribution in [3.05, 3.63) is 30.1 Å². The predicted molar refractivity (Wildman–Crippen MR) is 103 cm³/mol. The summed E-state index contributed by atoms with van der Waals surface area (Å²) in [5.74, 6) is -0.328. The molecule has 4 rings (SSSR count). The molecule has 0 bridgehead atoms. The molecule has 2 heterocycles. The lowest BCUT2D eigenvalue weighted by Crippen LogP contribution is -2.25. The molecule has 1 aliphatic carbocycles. The topological polar surface area (TPSA) is 124 Å². The van der Waals surface area contributed by atoms with Crippen molar-refractivity contribution in [2.75, 3.05) is 10.6 Å². The Labute approximate surface area is 164 Å². The molecule has 29 heavy (non-hydrogen) atoms. The SMILES string of the molecule is NC(=O)c1nnc(NC2CCCCC2)nc1Nc1ccc2nn(C(F)F)cc2c1. The van der Waals surface area contributed by atoms with Crippen molar-refractivity contribution in [3.63, 3.8) is 0 Å². The van der Waals surface area contributed by atoms with Gasteiger partial charge in [-0.25, -0.2) is 4.68 Å². The molecule has 0 saturated heterocycles. The van der Waals surface area contributed by atoms with Gasteiger partial charge in [-0.15, -0.1) is 10.2 Å². The lowest BCUT2D eigenvalue weighted by atomic mass is 9.96. The zero-order chi connectivity index (χ0) is 20.4. The van der Waals surface area contributed by atoms with Crippen LogP contribution in [0, 0.1) is 0 Å². The van der Waals surface area contributed by atoms with E-state index in [0.717, 1.165) is 25.7 Å². The van der Waals surface area contributed by atoms with Crippen LogP contribution in [-0.4, -0.2) is 36.9 Å². The highest BCUT2D eigenvalue weighted by atomic mass is 19.3. The number of carbonyl (C=O) groups is 1. The van der Waals surface area contributed by atoms with Crippen LogP contribution in [0.1, 0.15) is 49.1 Å². The number of benzene rings is 1. The summed E-state index contributed by atoms with van der Waals surface area (Å²) >= 11 is 0. The van der Waals surface area contributed by atoms with E-state index in [1.165, 1.54) is 12.6 Å². The molecule has 0 atom stereocenters.